The number of aromatic hydroxyl groups is 1. The average Bonchev–Trinajstić information content (AvgIpc) is 2.45. The first-order chi connectivity index (χ1) is 11.9. The number of rotatable bonds is 2. The summed E-state index contributed by atoms with van der Waals surface area (Å²) < 4.78 is 34.4. The third-order valence-electron chi connectivity index (χ3n) is 6.30. The molecule has 1 N–H and O–H groups in total. The highest BCUT2D eigenvalue weighted by atomic mass is 19.1. The van der Waals surface area contributed by atoms with E-state index in [0.29, 0.717) is 5.41 Å². The molecule has 3 nitrogen and oxygen atoms in total. The molecule has 6 rings (SSSR count). The molecule has 2 bridgehead atoms. The Morgan fingerprint density at radius 1 is 1.08 bits per heavy atom. The molecule has 0 unspecified atom stereocenters. The van der Waals surface area contributed by atoms with Crippen LogP contribution in [-0.2, 0) is 5.41 Å². The molecule has 0 aliphatic heterocycles. The standard InChI is InChI=1S/C20H16F2O3/c1-2-19-7-20(8-19,9-19)10-3-12-16(13(21)4-10)17-14(22)5-11(23)6-15(17)25-18(12)24/h3-6,23H,2,7-9H2,1H3. The quantitative estimate of drug-likeness (QED) is 0.539. The number of phenols is 1. The Kier molecular flexibility index (Phi) is 2.61. The Hall–Kier alpha value is -2.43. The summed E-state index contributed by atoms with van der Waals surface area (Å²) in [5, 5.41) is 9.36. The lowest BCUT2D eigenvalue weighted by Crippen LogP contribution is -2.64. The maximum absolute atomic E-state index is 14.9. The summed E-state index contributed by atoms with van der Waals surface area (Å²) in [6, 6.07) is 5.11. The highest BCUT2D eigenvalue weighted by Gasteiger charge is 2.67. The van der Waals surface area contributed by atoms with Gasteiger partial charge in [0.15, 0.2) is 0 Å². The number of hydrogen-bond donors (Lipinski definition) is 1. The maximum Gasteiger partial charge on any atom is 0.344 e. The molecule has 25 heavy (non-hydrogen) atoms. The van der Waals surface area contributed by atoms with Crippen molar-refractivity contribution in [3.8, 4) is 5.75 Å². The molecule has 0 radical (unpaired) electrons. The van der Waals surface area contributed by atoms with E-state index in [1.807, 2.05) is 0 Å². The van der Waals surface area contributed by atoms with Crippen LogP contribution in [0.1, 0.15) is 38.2 Å². The van der Waals surface area contributed by atoms with Crippen molar-refractivity contribution >= 4 is 21.7 Å². The van der Waals surface area contributed by atoms with E-state index in [4.69, 9.17) is 4.42 Å². The molecular formula is C20H16F2O3. The molecule has 1 heterocycles. The summed E-state index contributed by atoms with van der Waals surface area (Å²) in [6.07, 6.45) is 4.17. The summed E-state index contributed by atoms with van der Waals surface area (Å²) in [6.45, 7) is 2.17. The molecule has 0 spiro atoms. The van der Waals surface area contributed by atoms with Gasteiger partial charge in [0.05, 0.1) is 10.8 Å². The number of phenolic OH excluding ortho intramolecular Hbond substituents is 1. The molecular weight excluding hydrogens is 326 g/mol. The van der Waals surface area contributed by atoms with Crippen LogP contribution in [0, 0.1) is 17.0 Å². The van der Waals surface area contributed by atoms with E-state index in [1.165, 1.54) is 6.07 Å². The predicted octanol–water partition coefficient (Wildman–Crippen LogP) is 4.76. The Morgan fingerprint density at radius 2 is 1.76 bits per heavy atom. The van der Waals surface area contributed by atoms with Gasteiger partial charge in [-0.3, -0.25) is 0 Å². The number of halogens is 2. The highest BCUT2D eigenvalue weighted by Crippen LogP contribution is 2.75. The van der Waals surface area contributed by atoms with Crippen LogP contribution in [0.3, 0.4) is 0 Å². The second-order valence-corrected chi connectivity index (χ2v) is 7.74. The van der Waals surface area contributed by atoms with E-state index >= 15 is 0 Å². The van der Waals surface area contributed by atoms with Crippen molar-refractivity contribution in [2.75, 3.05) is 0 Å². The van der Waals surface area contributed by atoms with Crippen molar-refractivity contribution in [2.24, 2.45) is 5.41 Å². The second kappa shape index (κ2) is 4.40. The van der Waals surface area contributed by atoms with E-state index in [0.717, 1.165) is 43.4 Å². The van der Waals surface area contributed by atoms with E-state index in [2.05, 4.69) is 6.92 Å². The van der Waals surface area contributed by atoms with Crippen LogP contribution >= 0.6 is 0 Å². The van der Waals surface area contributed by atoms with Gasteiger partial charge >= 0.3 is 5.63 Å². The molecule has 3 aliphatic rings. The largest absolute Gasteiger partial charge is 0.508 e. The summed E-state index contributed by atoms with van der Waals surface area (Å²) in [5.74, 6) is -1.81. The number of hydrogen-bond acceptors (Lipinski definition) is 3. The van der Waals surface area contributed by atoms with Crippen LogP contribution in [0.15, 0.2) is 33.5 Å². The zero-order chi connectivity index (χ0) is 17.6. The van der Waals surface area contributed by atoms with Gasteiger partial charge in [0.25, 0.3) is 0 Å². The lowest BCUT2D eigenvalue weighted by atomic mass is 9.33. The first-order valence-corrected chi connectivity index (χ1v) is 8.46. The van der Waals surface area contributed by atoms with Crippen molar-refractivity contribution in [2.45, 2.75) is 38.0 Å². The van der Waals surface area contributed by atoms with Gasteiger partial charge in [-0.25, -0.2) is 13.6 Å². The smallest absolute Gasteiger partial charge is 0.344 e. The fraction of sp³-hybridized carbons (Fsp3) is 0.350. The molecule has 3 aromatic rings. The summed E-state index contributed by atoms with van der Waals surface area (Å²) in [5.41, 5.74) is 0.282. The Bertz CT molecular complexity index is 1110. The zero-order valence-electron chi connectivity index (χ0n) is 13.7. The molecule has 1 aromatic heterocycles. The van der Waals surface area contributed by atoms with Crippen LogP contribution < -0.4 is 5.63 Å². The van der Waals surface area contributed by atoms with Crippen molar-refractivity contribution in [3.05, 3.63) is 51.9 Å². The highest BCUT2D eigenvalue weighted by molar-refractivity contribution is 6.05. The molecule has 0 amide bonds. The third kappa shape index (κ3) is 1.76. The van der Waals surface area contributed by atoms with Crippen molar-refractivity contribution in [3.63, 3.8) is 0 Å². The first kappa shape index (κ1) is 14.9. The molecule has 3 fully saturated rings. The maximum atomic E-state index is 14.9. The van der Waals surface area contributed by atoms with Crippen LogP contribution in [0.4, 0.5) is 8.78 Å². The molecule has 0 saturated heterocycles. The monoisotopic (exact) mass is 342 g/mol. The summed E-state index contributed by atoms with van der Waals surface area (Å²) >= 11 is 0. The van der Waals surface area contributed by atoms with Crippen LogP contribution in [0.25, 0.3) is 21.7 Å². The topological polar surface area (TPSA) is 50.4 Å². The van der Waals surface area contributed by atoms with Gasteiger partial charge in [-0.2, -0.15) is 0 Å². The van der Waals surface area contributed by atoms with Gasteiger partial charge < -0.3 is 9.52 Å². The third-order valence-corrected chi connectivity index (χ3v) is 6.30. The Morgan fingerprint density at radius 3 is 2.44 bits per heavy atom. The van der Waals surface area contributed by atoms with E-state index in [9.17, 15) is 18.7 Å². The minimum Gasteiger partial charge on any atom is -0.508 e. The summed E-state index contributed by atoms with van der Waals surface area (Å²) in [4.78, 5) is 12.3. The van der Waals surface area contributed by atoms with E-state index in [-0.39, 0.29) is 32.9 Å². The molecule has 5 heteroatoms. The van der Waals surface area contributed by atoms with Crippen molar-refractivity contribution < 1.29 is 18.3 Å². The SMILES string of the molecule is CCC12CC(c3cc(F)c4c(c3)c(=O)oc3cc(O)cc(F)c34)(C1)C2. The first-order valence-electron chi connectivity index (χ1n) is 8.46. The van der Waals surface area contributed by atoms with Gasteiger partial charge in [0.1, 0.15) is 23.0 Å². The molecule has 3 saturated carbocycles. The number of fused-ring (bicyclic) bond motifs is 3. The molecule has 2 aromatic carbocycles. The lowest BCUT2D eigenvalue weighted by molar-refractivity contribution is -0.143. The Labute approximate surface area is 141 Å². The van der Waals surface area contributed by atoms with Crippen molar-refractivity contribution in [1.29, 1.82) is 0 Å². The van der Waals surface area contributed by atoms with Gasteiger partial charge in [-0.15, -0.1) is 0 Å². The zero-order valence-corrected chi connectivity index (χ0v) is 13.7. The fourth-order valence-electron chi connectivity index (χ4n) is 5.05. The van der Waals surface area contributed by atoms with E-state index < -0.39 is 17.3 Å². The van der Waals surface area contributed by atoms with Crippen molar-refractivity contribution in [1.82, 2.24) is 0 Å². The van der Waals surface area contributed by atoms with E-state index in [1.54, 1.807) is 6.07 Å². The lowest BCUT2D eigenvalue weighted by Gasteiger charge is -2.71. The molecule has 128 valence electrons. The van der Waals surface area contributed by atoms with Crippen LogP contribution in [0.2, 0.25) is 0 Å². The van der Waals surface area contributed by atoms with Crippen LogP contribution in [-0.4, -0.2) is 5.11 Å². The molecule has 3 aliphatic carbocycles. The molecule has 0 atom stereocenters. The second-order valence-electron chi connectivity index (χ2n) is 7.74. The predicted molar refractivity (Wildman–Crippen MR) is 89.8 cm³/mol. The summed E-state index contributed by atoms with van der Waals surface area (Å²) in [7, 11) is 0. The average molecular weight is 342 g/mol. The van der Waals surface area contributed by atoms with Gasteiger partial charge in [0.2, 0.25) is 0 Å². The van der Waals surface area contributed by atoms with Gasteiger partial charge in [-0.1, -0.05) is 13.3 Å². The van der Waals surface area contributed by atoms with Gasteiger partial charge in [-0.05, 0) is 47.8 Å². The van der Waals surface area contributed by atoms with Gasteiger partial charge in [0, 0.05) is 17.5 Å². The minimum absolute atomic E-state index is 0.0417. The van der Waals surface area contributed by atoms with Crippen LogP contribution in [0.5, 0.6) is 5.75 Å². The number of benzene rings is 2. The fourth-order valence-corrected chi connectivity index (χ4v) is 5.05. The minimum atomic E-state index is -0.814. The Balaban J connectivity index is 1.78. The normalized spacial score (nSPS) is 27.3.